The Labute approximate surface area is 186 Å². The Morgan fingerprint density at radius 3 is 2.53 bits per heavy atom. The van der Waals surface area contributed by atoms with Crippen LogP contribution in [0.15, 0.2) is 60.7 Å². The highest BCUT2D eigenvalue weighted by Gasteiger charge is 2.32. The summed E-state index contributed by atoms with van der Waals surface area (Å²) in [5, 5.41) is 17.1. The maximum Gasteiger partial charge on any atom is 0.272 e. The lowest BCUT2D eigenvalue weighted by Crippen LogP contribution is -2.31. The van der Waals surface area contributed by atoms with Gasteiger partial charge in [0.15, 0.2) is 15.5 Å². The molecule has 3 aromatic rings. The number of aromatic nitrogens is 2. The van der Waals surface area contributed by atoms with Crippen LogP contribution in [0.4, 0.5) is 0 Å². The fraction of sp³-hybridized carbons (Fsp3) is 0.304. The van der Waals surface area contributed by atoms with E-state index in [0.29, 0.717) is 17.9 Å². The lowest BCUT2D eigenvalue weighted by molar-refractivity contribution is 0.0910. The molecule has 0 spiro atoms. The van der Waals surface area contributed by atoms with Crippen LogP contribution in [0.25, 0.3) is 11.3 Å². The third kappa shape index (κ3) is 4.68. The number of sulfone groups is 1. The van der Waals surface area contributed by atoms with Gasteiger partial charge in [0.2, 0.25) is 0 Å². The van der Waals surface area contributed by atoms with E-state index in [1.54, 1.807) is 30.0 Å². The molecule has 1 unspecified atom stereocenters. The maximum atomic E-state index is 13.0. The van der Waals surface area contributed by atoms with Gasteiger partial charge in [-0.2, -0.15) is 5.10 Å². The number of rotatable bonds is 7. The van der Waals surface area contributed by atoms with Crippen LogP contribution >= 0.6 is 0 Å². The van der Waals surface area contributed by atoms with Gasteiger partial charge in [0.05, 0.1) is 43.0 Å². The number of aliphatic hydroxyl groups excluding tert-OH is 1. The number of benzene rings is 2. The predicted octanol–water partition coefficient (Wildman–Crippen LogP) is 2.38. The molecule has 1 aliphatic rings. The van der Waals surface area contributed by atoms with Gasteiger partial charge in [-0.1, -0.05) is 30.3 Å². The van der Waals surface area contributed by atoms with Gasteiger partial charge in [-0.25, -0.2) is 8.42 Å². The Kier molecular flexibility index (Phi) is 6.29. The number of nitrogens with zero attached hydrogens (tertiary/aromatic N) is 2. The molecule has 168 valence electrons. The first-order valence-electron chi connectivity index (χ1n) is 10.3. The van der Waals surface area contributed by atoms with Crippen LogP contribution in [0.2, 0.25) is 0 Å². The van der Waals surface area contributed by atoms with Gasteiger partial charge < -0.3 is 15.2 Å². The summed E-state index contributed by atoms with van der Waals surface area (Å²) in [6, 6.07) is 17.2. The zero-order valence-electron chi connectivity index (χ0n) is 17.6. The molecule has 1 amide bonds. The van der Waals surface area contributed by atoms with E-state index in [1.807, 2.05) is 42.5 Å². The monoisotopic (exact) mass is 455 g/mol. The molecule has 32 heavy (non-hydrogen) atoms. The zero-order chi connectivity index (χ0) is 22.7. The lowest BCUT2D eigenvalue weighted by Gasteiger charge is -2.16. The lowest BCUT2D eigenvalue weighted by atomic mass is 10.1. The van der Waals surface area contributed by atoms with Crippen molar-refractivity contribution in [2.45, 2.75) is 18.5 Å². The smallest absolute Gasteiger partial charge is 0.272 e. The van der Waals surface area contributed by atoms with Crippen molar-refractivity contribution in [1.82, 2.24) is 15.1 Å². The first-order valence-corrected chi connectivity index (χ1v) is 12.1. The van der Waals surface area contributed by atoms with Gasteiger partial charge in [-0.05, 0) is 42.3 Å². The van der Waals surface area contributed by atoms with Gasteiger partial charge in [-0.15, -0.1) is 0 Å². The average Bonchev–Trinajstić information content (AvgIpc) is 3.41. The van der Waals surface area contributed by atoms with E-state index in [4.69, 9.17) is 4.74 Å². The van der Waals surface area contributed by atoms with Crippen molar-refractivity contribution in [1.29, 1.82) is 0 Å². The molecule has 0 bridgehead atoms. The number of amides is 1. The Hall–Kier alpha value is -3.17. The molecule has 0 radical (unpaired) electrons. The Morgan fingerprint density at radius 1 is 1.22 bits per heavy atom. The molecular formula is C23H25N3O5S. The number of aliphatic hydroxyl groups is 1. The second-order valence-corrected chi connectivity index (χ2v) is 9.99. The van der Waals surface area contributed by atoms with E-state index < -0.39 is 21.8 Å². The van der Waals surface area contributed by atoms with Crippen LogP contribution in [-0.4, -0.2) is 54.4 Å². The number of hydrogen-bond acceptors (Lipinski definition) is 6. The summed E-state index contributed by atoms with van der Waals surface area (Å²) in [6.45, 7) is -0.261. The first-order chi connectivity index (χ1) is 15.4. The number of hydrogen-bond donors (Lipinski definition) is 2. The first kappa shape index (κ1) is 22.0. The Morgan fingerprint density at radius 2 is 1.94 bits per heavy atom. The standard InChI is InChI=1S/C23H25N3O5S/c1-31-19-9-7-17(8-10-19)22-13-20(25-26(22)18-11-12-32(29,30)15-18)23(28)24-21(14-27)16-5-3-2-4-6-16/h2-10,13,18,21,27H,11-12,14-15H2,1H3,(H,24,28)/t18?,21-/m1/s1. The Balaban J connectivity index is 1.67. The van der Waals surface area contributed by atoms with Crippen LogP contribution in [0.3, 0.4) is 0 Å². The van der Waals surface area contributed by atoms with Crippen LogP contribution in [-0.2, 0) is 9.84 Å². The summed E-state index contributed by atoms with van der Waals surface area (Å²) in [5.41, 5.74) is 2.39. The maximum absolute atomic E-state index is 13.0. The average molecular weight is 456 g/mol. The SMILES string of the molecule is COc1ccc(-c2cc(C(=O)N[C@H](CO)c3ccccc3)nn2C2CCS(=O)(=O)C2)cc1. The summed E-state index contributed by atoms with van der Waals surface area (Å²) in [6.07, 6.45) is 0.442. The Bertz CT molecular complexity index is 1190. The van der Waals surface area contributed by atoms with E-state index in [-0.39, 0.29) is 29.8 Å². The van der Waals surface area contributed by atoms with E-state index >= 15 is 0 Å². The number of nitrogens with one attached hydrogen (secondary N) is 1. The van der Waals surface area contributed by atoms with Crippen molar-refractivity contribution in [3.8, 4) is 17.0 Å². The van der Waals surface area contributed by atoms with Gasteiger partial charge in [0.1, 0.15) is 5.75 Å². The molecule has 9 heteroatoms. The fourth-order valence-corrected chi connectivity index (χ4v) is 5.57. The summed E-state index contributed by atoms with van der Waals surface area (Å²) < 4.78 is 31.0. The van der Waals surface area contributed by atoms with Crippen molar-refractivity contribution < 1.29 is 23.1 Å². The third-order valence-electron chi connectivity index (χ3n) is 5.60. The molecule has 2 N–H and O–H groups in total. The van der Waals surface area contributed by atoms with Gasteiger partial charge in [-0.3, -0.25) is 9.48 Å². The minimum atomic E-state index is -3.14. The summed E-state index contributed by atoms with van der Waals surface area (Å²) in [4.78, 5) is 13.0. The molecule has 0 aliphatic carbocycles. The van der Waals surface area contributed by atoms with E-state index in [0.717, 1.165) is 11.1 Å². The van der Waals surface area contributed by atoms with Crippen LogP contribution in [0.1, 0.15) is 34.6 Å². The highest BCUT2D eigenvalue weighted by atomic mass is 32.2. The molecule has 4 rings (SSSR count). The molecule has 2 heterocycles. The fourth-order valence-electron chi connectivity index (χ4n) is 3.88. The third-order valence-corrected chi connectivity index (χ3v) is 7.35. The van der Waals surface area contributed by atoms with Crippen LogP contribution < -0.4 is 10.1 Å². The number of methoxy groups -OCH3 is 1. The molecule has 8 nitrogen and oxygen atoms in total. The van der Waals surface area contributed by atoms with Crippen molar-refractivity contribution in [2.24, 2.45) is 0 Å². The zero-order valence-corrected chi connectivity index (χ0v) is 18.5. The highest BCUT2D eigenvalue weighted by Crippen LogP contribution is 2.31. The van der Waals surface area contributed by atoms with Crippen molar-refractivity contribution in [2.75, 3.05) is 25.2 Å². The van der Waals surface area contributed by atoms with Gasteiger partial charge in [0, 0.05) is 5.56 Å². The molecule has 0 saturated carbocycles. The molecule has 1 fully saturated rings. The van der Waals surface area contributed by atoms with E-state index in [2.05, 4.69) is 10.4 Å². The second kappa shape index (κ2) is 9.13. The largest absolute Gasteiger partial charge is 0.497 e. The topological polar surface area (TPSA) is 111 Å². The second-order valence-electron chi connectivity index (χ2n) is 7.76. The van der Waals surface area contributed by atoms with Gasteiger partial charge >= 0.3 is 0 Å². The van der Waals surface area contributed by atoms with E-state index in [9.17, 15) is 18.3 Å². The van der Waals surface area contributed by atoms with Crippen LogP contribution in [0.5, 0.6) is 5.75 Å². The molecule has 1 aromatic heterocycles. The minimum absolute atomic E-state index is 0.0117. The van der Waals surface area contributed by atoms with E-state index in [1.165, 1.54) is 0 Å². The van der Waals surface area contributed by atoms with Gasteiger partial charge in [0.25, 0.3) is 5.91 Å². The predicted molar refractivity (Wildman–Crippen MR) is 120 cm³/mol. The normalized spacial score (nSPS) is 18.2. The summed E-state index contributed by atoms with van der Waals surface area (Å²) in [5.74, 6) is 0.335. The quantitative estimate of drug-likeness (QED) is 0.566. The molecule has 1 aliphatic heterocycles. The molecule has 2 atom stereocenters. The number of carbonyl (C=O) groups is 1. The number of carbonyl (C=O) groups excluding carboxylic acids is 1. The van der Waals surface area contributed by atoms with Crippen molar-refractivity contribution in [3.05, 3.63) is 71.9 Å². The number of ether oxygens (including phenoxy) is 1. The highest BCUT2D eigenvalue weighted by molar-refractivity contribution is 7.91. The molecular weight excluding hydrogens is 430 g/mol. The molecule has 1 saturated heterocycles. The summed E-state index contributed by atoms with van der Waals surface area (Å²) in [7, 11) is -1.56. The van der Waals surface area contributed by atoms with Crippen LogP contribution in [0, 0.1) is 0 Å². The van der Waals surface area contributed by atoms with Crippen molar-refractivity contribution >= 4 is 15.7 Å². The summed E-state index contributed by atoms with van der Waals surface area (Å²) >= 11 is 0. The molecule has 2 aromatic carbocycles. The van der Waals surface area contributed by atoms with Crippen molar-refractivity contribution in [3.63, 3.8) is 0 Å². The minimum Gasteiger partial charge on any atom is -0.497 e.